The van der Waals surface area contributed by atoms with Crippen LogP contribution in [0.3, 0.4) is 0 Å². The van der Waals surface area contributed by atoms with Gasteiger partial charge in [0.15, 0.2) is 0 Å². The van der Waals surface area contributed by atoms with Gasteiger partial charge in [-0.15, -0.1) is 11.3 Å². The number of carbonyl (C=O) groups is 1. The van der Waals surface area contributed by atoms with Gasteiger partial charge in [0.1, 0.15) is 5.75 Å². The van der Waals surface area contributed by atoms with Crippen molar-refractivity contribution in [2.24, 2.45) is 0 Å². The average molecular weight is 317 g/mol. The van der Waals surface area contributed by atoms with Crippen molar-refractivity contribution in [2.45, 2.75) is 12.8 Å². The molecule has 3 rings (SSSR count). The monoisotopic (exact) mass is 317 g/mol. The number of hydrogen-bond acceptors (Lipinski definition) is 4. The fraction of sp³-hybridized carbons (Fsp3) is 0.353. The topological polar surface area (TPSA) is 47.6 Å². The standard InChI is InChI=1S/C17H19NO3S/c1-20-8-7-18-17(19)15-10-12-4-3-11-9-13(21-2)5-6-14(11)16(12)22-15/h5-6,9-10H,3-4,7-8H2,1-2H3,(H,18,19). The van der Waals surface area contributed by atoms with Crippen LogP contribution >= 0.6 is 11.3 Å². The van der Waals surface area contributed by atoms with Gasteiger partial charge in [-0.25, -0.2) is 0 Å². The molecule has 0 saturated heterocycles. The molecule has 1 aliphatic rings. The molecule has 0 atom stereocenters. The summed E-state index contributed by atoms with van der Waals surface area (Å²) in [5.74, 6) is 0.864. The maximum absolute atomic E-state index is 12.2. The minimum atomic E-state index is -0.0217. The lowest BCUT2D eigenvalue weighted by Gasteiger charge is -2.16. The Bertz CT molecular complexity index is 693. The van der Waals surface area contributed by atoms with Crippen LogP contribution in [0.15, 0.2) is 24.3 Å². The third-order valence-electron chi connectivity index (χ3n) is 3.85. The first-order valence-electron chi connectivity index (χ1n) is 7.30. The lowest BCUT2D eigenvalue weighted by molar-refractivity contribution is 0.0941. The largest absolute Gasteiger partial charge is 0.497 e. The summed E-state index contributed by atoms with van der Waals surface area (Å²) < 4.78 is 10.2. The molecule has 1 aromatic heterocycles. The normalized spacial score (nSPS) is 12.5. The summed E-state index contributed by atoms with van der Waals surface area (Å²) in [5, 5.41) is 2.88. The van der Waals surface area contributed by atoms with Gasteiger partial charge in [-0.05, 0) is 53.8 Å². The molecule has 1 amide bonds. The molecule has 5 heteroatoms. The number of ether oxygens (including phenoxy) is 2. The molecule has 1 N–H and O–H groups in total. The molecule has 0 saturated carbocycles. The van der Waals surface area contributed by atoms with Gasteiger partial charge in [0.25, 0.3) is 5.91 Å². The second-order valence-electron chi connectivity index (χ2n) is 5.24. The van der Waals surface area contributed by atoms with E-state index < -0.39 is 0 Å². The molecule has 1 heterocycles. The van der Waals surface area contributed by atoms with Crippen LogP contribution in [0.5, 0.6) is 5.75 Å². The highest BCUT2D eigenvalue weighted by Gasteiger charge is 2.21. The first-order valence-corrected chi connectivity index (χ1v) is 8.11. The molecule has 1 aromatic carbocycles. The van der Waals surface area contributed by atoms with E-state index in [1.807, 2.05) is 12.1 Å². The molecular formula is C17H19NO3S. The van der Waals surface area contributed by atoms with E-state index in [-0.39, 0.29) is 5.91 Å². The number of carbonyl (C=O) groups excluding carboxylic acids is 1. The Kier molecular flexibility index (Phi) is 4.45. The van der Waals surface area contributed by atoms with Crippen LogP contribution < -0.4 is 10.1 Å². The first-order chi connectivity index (χ1) is 10.7. The summed E-state index contributed by atoms with van der Waals surface area (Å²) in [4.78, 5) is 14.2. The molecule has 1 aliphatic carbocycles. The van der Waals surface area contributed by atoms with Gasteiger partial charge in [0.2, 0.25) is 0 Å². The van der Waals surface area contributed by atoms with Crippen molar-refractivity contribution >= 4 is 17.2 Å². The molecule has 0 aliphatic heterocycles. The van der Waals surface area contributed by atoms with E-state index in [2.05, 4.69) is 17.4 Å². The zero-order valence-electron chi connectivity index (χ0n) is 12.8. The Hall–Kier alpha value is -1.85. The van der Waals surface area contributed by atoms with Gasteiger partial charge in [-0.3, -0.25) is 4.79 Å². The summed E-state index contributed by atoms with van der Waals surface area (Å²) in [6.07, 6.45) is 1.96. The lowest BCUT2D eigenvalue weighted by Crippen LogP contribution is -2.26. The van der Waals surface area contributed by atoms with Crippen LogP contribution in [0.25, 0.3) is 10.4 Å². The second-order valence-corrected chi connectivity index (χ2v) is 6.29. The van der Waals surface area contributed by atoms with Crippen LogP contribution in [0.4, 0.5) is 0 Å². The van der Waals surface area contributed by atoms with E-state index in [1.54, 1.807) is 25.6 Å². The molecule has 0 unspecified atom stereocenters. The van der Waals surface area contributed by atoms with Gasteiger partial charge in [-0.1, -0.05) is 0 Å². The molecular weight excluding hydrogens is 298 g/mol. The Balaban J connectivity index is 1.86. The summed E-state index contributed by atoms with van der Waals surface area (Å²) in [5.41, 5.74) is 3.78. The van der Waals surface area contributed by atoms with E-state index in [4.69, 9.17) is 9.47 Å². The quantitative estimate of drug-likeness (QED) is 0.863. The van der Waals surface area contributed by atoms with E-state index in [1.165, 1.54) is 21.6 Å². The van der Waals surface area contributed by atoms with Crippen LogP contribution in [-0.2, 0) is 17.6 Å². The average Bonchev–Trinajstić information content (AvgIpc) is 2.99. The molecule has 2 aromatic rings. The molecule has 116 valence electrons. The van der Waals surface area contributed by atoms with Crippen molar-refractivity contribution in [1.29, 1.82) is 0 Å². The van der Waals surface area contributed by atoms with Crippen LogP contribution in [-0.4, -0.2) is 33.3 Å². The highest BCUT2D eigenvalue weighted by atomic mass is 32.1. The van der Waals surface area contributed by atoms with Crippen molar-refractivity contribution in [1.82, 2.24) is 5.32 Å². The number of hydrogen-bond donors (Lipinski definition) is 1. The molecule has 0 fully saturated rings. The number of aryl methyl sites for hydroxylation is 2. The minimum absolute atomic E-state index is 0.0217. The van der Waals surface area contributed by atoms with Crippen LogP contribution in [0, 0.1) is 0 Å². The van der Waals surface area contributed by atoms with E-state index in [0.29, 0.717) is 13.2 Å². The second kappa shape index (κ2) is 6.50. The van der Waals surface area contributed by atoms with E-state index in [9.17, 15) is 4.79 Å². The summed E-state index contributed by atoms with van der Waals surface area (Å²) >= 11 is 1.56. The number of rotatable bonds is 5. The Morgan fingerprint density at radius 3 is 2.82 bits per heavy atom. The van der Waals surface area contributed by atoms with E-state index in [0.717, 1.165) is 23.5 Å². The predicted molar refractivity (Wildman–Crippen MR) is 87.9 cm³/mol. The minimum Gasteiger partial charge on any atom is -0.497 e. The van der Waals surface area contributed by atoms with Gasteiger partial charge < -0.3 is 14.8 Å². The first kappa shape index (κ1) is 15.1. The van der Waals surface area contributed by atoms with Crippen molar-refractivity contribution in [3.63, 3.8) is 0 Å². The van der Waals surface area contributed by atoms with Gasteiger partial charge in [-0.2, -0.15) is 0 Å². The maximum atomic E-state index is 12.2. The number of methoxy groups -OCH3 is 2. The van der Waals surface area contributed by atoms with Crippen LogP contribution in [0.2, 0.25) is 0 Å². The number of thiophene rings is 1. The molecule has 4 nitrogen and oxygen atoms in total. The fourth-order valence-electron chi connectivity index (χ4n) is 2.70. The number of fused-ring (bicyclic) bond motifs is 3. The molecule has 0 spiro atoms. The fourth-order valence-corrected chi connectivity index (χ4v) is 3.89. The summed E-state index contributed by atoms with van der Waals surface area (Å²) in [7, 11) is 3.31. The Labute approximate surface area is 134 Å². The SMILES string of the molecule is COCCNC(=O)c1cc2c(s1)-c1ccc(OC)cc1CC2. The smallest absolute Gasteiger partial charge is 0.261 e. The van der Waals surface area contributed by atoms with Gasteiger partial charge in [0, 0.05) is 18.5 Å². The highest BCUT2D eigenvalue weighted by Crippen LogP contribution is 2.40. The molecule has 0 radical (unpaired) electrons. The number of nitrogens with one attached hydrogen (secondary N) is 1. The Morgan fingerprint density at radius 1 is 1.23 bits per heavy atom. The molecule has 22 heavy (non-hydrogen) atoms. The zero-order chi connectivity index (χ0) is 15.5. The zero-order valence-corrected chi connectivity index (χ0v) is 13.6. The maximum Gasteiger partial charge on any atom is 0.261 e. The van der Waals surface area contributed by atoms with Crippen LogP contribution in [0.1, 0.15) is 20.8 Å². The summed E-state index contributed by atoms with van der Waals surface area (Å²) in [6.45, 7) is 1.06. The van der Waals surface area contributed by atoms with E-state index >= 15 is 0 Å². The number of amides is 1. The predicted octanol–water partition coefficient (Wildman–Crippen LogP) is 2.90. The summed E-state index contributed by atoms with van der Waals surface area (Å²) in [6, 6.07) is 8.19. The van der Waals surface area contributed by atoms with Gasteiger partial charge in [0.05, 0.1) is 18.6 Å². The van der Waals surface area contributed by atoms with Crippen molar-refractivity contribution in [3.8, 4) is 16.2 Å². The third-order valence-corrected chi connectivity index (χ3v) is 5.05. The van der Waals surface area contributed by atoms with Crippen molar-refractivity contribution in [3.05, 3.63) is 40.3 Å². The Morgan fingerprint density at radius 2 is 2.05 bits per heavy atom. The number of benzene rings is 1. The van der Waals surface area contributed by atoms with Crippen molar-refractivity contribution in [2.75, 3.05) is 27.4 Å². The highest BCUT2D eigenvalue weighted by molar-refractivity contribution is 7.17. The molecule has 0 bridgehead atoms. The lowest BCUT2D eigenvalue weighted by atomic mass is 9.91. The van der Waals surface area contributed by atoms with Crippen molar-refractivity contribution < 1.29 is 14.3 Å². The van der Waals surface area contributed by atoms with Gasteiger partial charge >= 0.3 is 0 Å². The third kappa shape index (κ3) is 2.87.